The second-order valence-electron chi connectivity index (χ2n) is 3.26. The Morgan fingerprint density at radius 1 is 1.38 bits per heavy atom. The zero-order valence-corrected chi connectivity index (χ0v) is 5.35. The summed E-state index contributed by atoms with van der Waals surface area (Å²) in [6.45, 7) is 2.36. The highest BCUT2D eigenvalue weighted by Gasteiger charge is 2.35. The molecule has 2 heterocycles. The lowest BCUT2D eigenvalue weighted by atomic mass is 9.91. The van der Waals surface area contributed by atoms with Gasteiger partial charge in [-0.15, -0.1) is 0 Å². The second-order valence-corrected chi connectivity index (χ2v) is 3.26. The molecule has 2 aliphatic heterocycles. The molecule has 3 atom stereocenters. The van der Waals surface area contributed by atoms with Gasteiger partial charge in [0.2, 0.25) is 0 Å². The number of rotatable bonds is 0. The first kappa shape index (κ1) is 4.80. The van der Waals surface area contributed by atoms with Gasteiger partial charge in [0.05, 0.1) is 0 Å². The molecule has 2 bridgehead atoms. The van der Waals surface area contributed by atoms with Crippen molar-refractivity contribution in [3.05, 3.63) is 0 Å². The fourth-order valence-electron chi connectivity index (χ4n) is 2.10. The summed E-state index contributed by atoms with van der Waals surface area (Å²) >= 11 is 0. The molecular formula is C7H13N. The van der Waals surface area contributed by atoms with Gasteiger partial charge >= 0.3 is 0 Å². The van der Waals surface area contributed by atoms with Crippen molar-refractivity contribution >= 4 is 0 Å². The van der Waals surface area contributed by atoms with E-state index < -0.39 is 0 Å². The van der Waals surface area contributed by atoms with Crippen LogP contribution in [-0.4, -0.2) is 12.1 Å². The maximum atomic E-state index is 3.58. The monoisotopic (exact) mass is 111 g/mol. The van der Waals surface area contributed by atoms with Gasteiger partial charge in [-0.05, 0) is 25.2 Å². The van der Waals surface area contributed by atoms with Gasteiger partial charge in [0.15, 0.2) is 0 Å². The number of fused-ring (bicyclic) bond motifs is 2. The first-order chi connectivity index (χ1) is 3.86. The third-order valence-corrected chi connectivity index (χ3v) is 2.62. The Kier molecular flexibility index (Phi) is 0.884. The van der Waals surface area contributed by atoms with Crippen molar-refractivity contribution in [1.82, 2.24) is 5.32 Å². The zero-order valence-electron chi connectivity index (χ0n) is 5.35. The summed E-state index contributed by atoms with van der Waals surface area (Å²) < 4.78 is 0. The molecule has 0 saturated carbocycles. The van der Waals surface area contributed by atoms with Gasteiger partial charge in [-0.1, -0.05) is 6.92 Å². The molecular weight excluding hydrogens is 98.1 g/mol. The molecule has 46 valence electrons. The van der Waals surface area contributed by atoms with Gasteiger partial charge in [0.25, 0.3) is 0 Å². The van der Waals surface area contributed by atoms with E-state index in [0.29, 0.717) is 0 Å². The summed E-state index contributed by atoms with van der Waals surface area (Å²) in [5.41, 5.74) is 0. The molecule has 1 nitrogen and oxygen atoms in total. The van der Waals surface area contributed by atoms with Crippen molar-refractivity contribution in [2.75, 3.05) is 0 Å². The number of nitrogens with one attached hydrogen (secondary N) is 1. The Hall–Kier alpha value is -0.0400. The van der Waals surface area contributed by atoms with E-state index in [2.05, 4.69) is 12.2 Å². The lowest BCUT2D eigenvalue weighted by molar-refractivity contribution is 0.439. The van der Waals surface area contributed by atoms with E-state index in [0.717, 1.165) is 18.0 Å². The quantitative estimate of drug-likeness (QED) is 0.494. The van der Waals surface area contributed by atoms with E-state index in [1.807, 2.05) is 0 Å². The maximum Gasteiger partial charge on any atom is 0.00964 e. The van der Waals surface area contributed by atoms with Gasteiger partial charge in [0, 0.05) is 12.1 Å². The van der Waals surface area contributed by atoms with Crippen LogP contribution in [0.15, 0.2) is 0 Å². The predicted molar refractivity (Wildman–Crippen MR) is 33.7 cm³/mol. The fraction of sp³-hybridized carbons (Fsp3) is 1.00. The van der Waals surface area contributed by atoms with Crippen LogP contribution in [0, 0.1) is 5.92 Å². The smallest absolute Gasteiger partial charge is 0.00964 e. The van der Waals surface area contributed by atoms with E-state index in [-0.39, 0.29) is 0 Å². The van der Waals surface area contributed by atoms with Crippen molar-refractivity contribution < 1.29 is 0 Å². The van der Waals surface area contributed by atoms with Crippen LogP contribution in [0.25, 0.3) is 0 Å². The Labute approximate surface area is 50.5 Å². The molecule has 8 heavy (non-hydrogen) atoms. The predicted octanol–water partition coefficient (Wildman–Crippen LogP) is 1.15. The van der Waals surface area contributed by atoms with Crippen LogP contribution in [0.2, 0.25) is 0 Å². The summed E-state index contributed by atoms with van der Waals surface area (Å²) in [6.07, 6.45) is 4.31. The molecule has 2 saturated heterocycles. The van der Waals surface area contributed by atoms with Gasteiger partial charge in [-0.25, -0.2) is 0 Å². The first-order valence-corrected chi connectivity index (χ1v) is 3.62. The molecule has 2 rings (SSSR count). The minimum Gasteiger partial charge on any atom is -0.311 e. The molecule has 0 aromatic rings. The van der Waals surface area contributed by atoms with Crippen LogP contribution in [0.5, 0.6) is 0 Å². The molecule has 0 radical (unpaired) electrons. The van der Waals surface area contributed by atoms with Crippen molar-refractivity contribution in [2.45, 2.75) is 38.3 Å². The summed E-state index contributed by atoms with van der Waals surface area (Å²) in [7, 11) is 0. The average molecular weight is 111 g/mol. The Balaban J connectivity index is 2.11. The molecule has 0 aromatic carbocycles. The summed E-state index contributed by atoms with van der Waals surface area (Å²) in [5, 5.41) is 3.58. The van der Waals surface area contributed by atoms with Crippen molar-refractivity contribution in [1.29, 1.82) is 0 Å². The fourth-order valence-corrected chi connectivity index (χ4v) is 2.10. The van der Waals surface area contributed by atoms with E-state index in [1.54, 1.807) is 0 Å². The van der Waals surface area contributed by atoms with Gasteiger partial charge in [-0.2, -0.15) is 0 Å². The van der Waals surface area contributed by atoms with Crippen LogP contribution in [0.1, 0.15) is 26.2 Å². The Morgan fingerprint density at radius 3 is 2.50 bits per heavy atom. The van der Waals surface area contributed by atoms with E-state index in [1.165, 1.54) is 19.3 Å². The Morgan fingerprint density at radius 2 is 2.25 bits per heavy atom. The average Bonchev–Trinajstić information content (AvgIpc) is 2.23. The molecule has 1 N–H and O–H groups in total. The molecule has 0 spiro atoms. The normalized spacial score (nSPS) is 52.9. The summed E-state index contributed by atoms with van der Waals surface area (Å²) in [6, 6.07) is 1.79. The lowest BCUT2D eigenvalue weighted by Gasteiger charge is -2.13. The largest absolute Gasteiger partial charge is 0.311 e. The van der Waals surface area contributed by atoms with Crippen LogP contribution >= 0.6 is 0 Å². The standard InChI is InChI=1S/C7H13N/c1-5-4-6-2-3-7(5)8-6/h5-8H,2-4H2,1H3/t5-,6?,7-/m0/s1. The van der Waals surface area contributed by atoms with E-state index in [9.17, 15) is 0 Å². The van der Waals surface area contributed by atoms with Crippen molar-refractivity contribution in [3.63, 3.8) is 0 Å². The van der Waals surface area contributed by atoms with E-state index in [4.69, 9.17) is 0 Å². The second kappa shape index (κ2) is 1.47. The zero-order chi connectivity index (χ0) is 5.56. The molecule has 0 amide bonds. The van der Waals surface area contributed by atoms with Crippen LogP contribution in [-0.2, 0) is 0 Å². The molecule has 1 unspecified atom stereocenters. The SMILES string of the molecule is C[C@H]1CC2CC[C@@H]1N2. The maximum absolute atomic E-state index is 3.58. The van der Waals surface area contributed by atoms with Crippen LogP contribution < -0.4 is 5.32 Å². The third-order valence-electron chi connectivity index (χ3n) is 2.62. The Bertz CT molecular complexity index is 98.6. The van der Waals surface area contributed by atoms with Crippen LogP contribution in [0.4, 0.5) is 0 Å². The molecule has 0 aliphatic carbocycles. The molecule has 0 aromatic heterocycles. The minimum atomic E-state index is 0.889. The topological polar surface area (TPSA) is 12.0 Å². The van der Waals surface area contributed by atoms with Gasteiger partial charge in [-0.3, -0.25) is 0 Å². The van der Waals surface area contributed by atoms with Gasteiger partial charge in [0.1, 0.15) is 0 Å². The van der Waals surface area contributed by atoms with Crippen LogP contribution in [0.3, 0.4) is 0 Å². The lowest BCUT2D eigenvalue weighted by Crippen LogP contribution is -2.20. The van der Waals surface area contributed by atoms with Gasteiger partial charge < -0.3 is 5.32 Å². The first-order valence-electron chi connectivity index (χ1n) is 3.62. The molecule has 2 fully saturated rings. The summed E-state index contributed by atoms with van der Waals surface area (Å²) in [4.78, 5) is 0. The highest BCUT2D eigenvalue weighted by molar-refractivity contribution is 4.95. The molecule has 2 aliphatic rings. The molecule has 1 heteroatoms. The highest BCUT2D eigenvalue weighted by atomic mass is 15.0. The summed E-state index contributed by atoms with van der Waals surface area (Å²) in [5.74, 6) is 0.966. The van der Waals surface area contributed by atoms with Crippen molar-refractivity contribution in [3.8, 4) is 0 Å². The van der Waals surface area contributed by atoms with E-state index >= 15 is 0 Å². The number of hydrogen-bond acceptors (Lipinski definition) is 1. The number of hydrogen-bond donors (Lipinski definition) is 1. The highest BCUT2D eigenvalue weighted by Crippen LogP contribution is 2.32. The minimum absolute atomic E-state index is 0.889. The van der Waals surface area contributed by atoms with Crippen molar-refractivity contribution in [2.24, 2.45) is 5.92 Å². The third kappa shape index (κ3) is 0.510.